The third-order valence-corrected chi connectivity index (χ3v) is 2.78. The topological polar surface area (TPSA) is 57.8 Å². The summed E-state index contributed by atoms with van der Waals surface area (Å²) in [7, 11) is 0. The molecule has 0 saturated heterocycles. The number of aromatic nitrogens is 2. The monoisotopic (exact) mass is 267 g/mol. The number of aromatic amines is 1. The number of hydrogen-bond acceptors (Lipinski definition) is 2. The van der Waals surface area contributed by atoms with E-state index < -0.39 is 5.82 Å². The number of benzene rings is 1. The van der Waals surface area contributed by atoms with E-state index in [1.165, 1.54) is 18.5 Å². The van der Waals surface area contributed by atoms with Gasteiger partial charge in [0.2, 0.25) is 5.91 Å². The van der Waals surface area contributed by atoms with Crippen molar-refractivity contribution in [2.45, 2.75) is 13.0 Å². The lowest BCUT2D eigenvalue weighted by molar-refractivity contribution is -0.120. The van der Waals surface area contributed by atoms with Gasteiger partial charge in [-0.2, -0.15) is 0 Å². The van der Waals surface area contributed by atoms with E-state index in [0.29, 0.717) is 6.54 Å². The number of nitrogens with zero attached hydrogens (tertiary/aromatic N) is 1. The van der Waals surface area contributed by atoms with Gasteiger partial charge in [-0.3, -0.25) is 4.79 Å². The van der Waals surface area contributed by atoms with E-state index in [1.54, 1.807) is 12.3 Å². The molecule has 0 unspecified atom stereocenters. The maximum atomic E-state index is 13.4. The van der Waals surface area contributed by atoms with Crippen molar-refractivity contribution in [1.82, 2.24) is 15.3 Å². The van der Waals surface area contributed by atoms with Gasteiger partial charge in [-0.05, 0) is 12.1 Å². The molecular formula is C12H11ClFN3O. The Kier molecular flexibility index (Phi) is 3.94. The number of halogens is 2. The Hall–Kier alpha value is -1.88. The Morgan fingerprint density at radius 3 is 3.00 bits per heavy atom. The van der Waals surface area contributed by atoms with Gasteiger partial charge in [0, 0.05) is 16.8 Å². The number of nitrogens with one attached hydrogen (secondary N) is 2. The molecule has 1 heterocycles. The zero-order valence-electron chi connectivity index (χ0n) is 9.41. The smallest absolute Gasteiger partial charge is 0.224 e. The summed E-state index contributed by atoms with van der Waals surface area (Å²) in [5.41, 5.74) is 0.990. The van der Waals surface area contributed by atoms with E-state index in [-0.39, 0.29) is 22.9 Å². The average molecular weight is 268 g/mol. The van der Waals surface area contributed by atoms with Crippen LogP contribution in [0.4, 0.5) is 4.39 Å². The van der Waals surface area contributed by atoms with Crippen LogP contribution < -0.4 is 5.32 Å². The molecule has 2 rings (SSSR count). The number of carbonyl (C=O) groups excluding carboxylic acids is 1. The van der Waals surface area contributed by atoms with Crippen molar-refractivity contribution in [1.29, 1.82) is 0 Å². The maximum absolute atomic E-state index is 13.4. The number of carbonyl (C=O) groups is 1. The zero-order chi connectivity index (χ0) is 13.0. The van der Waals surface area contributed by atoms with E-state index in [9.17, 15) is 9.18 Å². The van der Waals surface area contributed by atoms with Crippen molar-refractivity contribution in [3.8, 4) is 0 Å². The minimum Gasteiger partial charge on any atom is -0.350 e. The Balaban J connectivity index is 1.95. The van der Waals surface area contributed by atoms with Crippen molar-refractivity contribution in [3.05, 3.63) is 52.8 Å². The van der Waals surface area contributed by atoms with Gasteiger partial charge in [0.05, 0.1) is 25.0 Å². The molecular weight excluding hydrogens is 257 g/mol. The van der Waals surface area contributed by atoms with E-state index >= 15 is 0 Å². The second kappa shape index (κ2) is 5.64. The van der Waals surface area contributed by atoms with E-state index in [1.807, 2.05) is 0 Å². The van der Waals surface area contributed by atoms with Gasteiger partial charge < -0.3 is 10.3 Å². The normalized spacial score (nSPS) is 10.3. The minimum atomic E-state index is -0.473. The third-order valence-electron chi connectivity index (χ3n) is 2.43. The molecule has 0 bridgehead atoms. The van der Waals surface area contributed by atoms with Crippen LogP contribution in [0.1, 0.15) is 11.3 Å². The number of hydrogen-bond donors (Lipinski definition) is 2. The first-order valence-corrected chi connectivity index (χ1v) is 5.71. The number of imidazole rings is 1. The summed E-state index contributed by atoms with van der Waals surface area (Å²) >= 11 is 5.84. The average Bonchev–Trinajstić information content (AvgIpc) is 2.84. The summed E-state index contributed by atoms with van der Waals surface area (Å²) < 4.78 is 13.4. The summed E-state index contributed by atoms with van der Waals surface area (Å²) in [6, 6.07) is 4.34. The fourth-order valence-corrected chi connectivity index (χ4v) is 1.73. The molecule has 18 heavy (non-hydrogen) atoms. The van der Waals surface area contributed by atoms with Gasteiger partial charge in [0.1, 0.15) is 5.82 Å². The fourth-order valence-electron chi connectivity index (χ4n) is 1.50. The second-order valence-electron chi connectivity index (χ2n) is 3.73. The highest BCUT2D eigenvalue weighted by atomic mass is 35.5. The summed E-state index contributed by atoms with van der Waals surface area (Å²) in [5, 5.41) is 2.91. The molecule has 0 atom stereocenters. The van der Waals surface area contributed by atoms with Crippen molar-refractivity contribution in [3.63, 3.8) is 0 Å². The molecule has 0 saturated carbocycles. The van der Waals surface area contributed by atoms with Crippen molar-refractivity contribution in [2.24, 2.45) is 0 Å². The van der Waals surface area contributed by atoms with E-state index in [4.69, 9.17) is 11.6 Å². The highest BCUT2D eigenvalue weighted by Gasteiger charge is 2.11. The molecule has 0 fully saturated rings. The SMILES string of the molecule is O=C(Cc1c(F)cccc1Cl)NCc1cnc[nH]1. The van der Waals surface area contributed by atoms with Crippen LogP contribution in [0, 0.1) is 5.82 Å². The van der Waals surface area contributed by atoms with Gasteiger partial charge in [-0.15, -0.1) is 0 Å². The molecule has 1 amide bonds. The quantitative estimate of drug-likeness (QED) is 0.891. The Bertz CT molecular complexity index is 522. The largest absolute Gasteiger partial charge is 0.350 e. The number of rotatable bonds is 4. The predicted octanol–water partition coefficient (Wildman–Crippen LogP) is 2.06. The minimum absolute atomic E-state index is 0.0837. The predicted molar refractivity (Wildman–Crippen MR) is 65.5 cm³/mol. The molecule has 0 radical (unpaired) electrons. The van der Waals surface area contributed by atoms with Gasteiger partial charge in [-0.1, -0.05) is 17.7 Å². The van der Waals surface area contributed by atoms with Crippen molar-refractivity contribution >= 4 is 17.5 Å². The molecule has 0 aliphatic heterocycles. The van der Waals surface area contributed by atoms with Crippen LogP contribution in [0.3, 0.4) is 0 Å². The summed E-state index contributed by atoms with van der Waals surface area (Å²) in [6.07, 6.45) is 3.05. The molecule has 2 aromatic rings. The highest BCUT2D eigenvalue weighted by molar-refractivity contribution is 6.31. The summed E-state index contributed by atoms with van der Waals surface area (Å²) in [4.78, 5) is 18.3. The Labute approximate surface area is 108 Å². The summed E-state index contributed by atoms with van der Waals surface area (Å²) in [6.45, 7) is 0.324. The zero-order valence-corrected chi connectivity index (χ0v) is 10.2. The fraction of sp³-hybridized carbons (Fsp3) is 0.167. The second-order valence-corrected chi connectivity index (χ2v) is 4.14. The lowest BCUT2D eigenvalue weighted by Crippen LogP contribution is -2.25. The van der Waals surface area contributed by atoms with Crippen LogP contribution in [0.2, 0.25) is 5.02 Å². The van der Waals surface area contributed by atoms with Gasteiger partial charge in [0.25, 0.3) is 0 Å². The molecule has 4 nitrogen and oxygen atoms in total. The Morgan fingerprint density at radius 2 is 2.33 bits per heavy atom. The van der Waals surface area contributed by atoms with Crippen molar-refractivity contribution < 1.29 is 9.18 Å². The summed E-state index contributed by atoms with van der Waals surface area (Å²) in [5.74, 6) is -0.768. The first kappa shape index (κ1) is 12.6. The van der Waals surface area contributed by atoms with Crippen molar-refractivity contribution in [2.75, 3.05) is 0 Å². The highest BCUT2D eigenvalue weighted by Crippen LogP contribution is 2.19. The standard InChI is InChI=1S/C12H11ClFN3O/c13-10-2-1-3-11(14)9(10)4-12(18)16-6-8-5-15-7-17-8/h1-3,5,7H,4,6H2,(H,15,17)(H,16,18). The van der Waals surface area contributed by atoms with Gasteiger partial charge >= 0.3 is 0 Å². The first-order valence-electron chi connectivity index (χ1n) is 5.33. The van der Waals surface area contributed by atoms with E-state index in [0.717, 1.165) is 5.69 Å². The van der Waals surface area contributed by atoms with Crippen LogP contribution in [0.25, 0.3) is 0 Å². The maximum Gasteiger partial charge on any atom is 0.224 e. The lowest BCUT2D eigenvalue weighted by atomic mass is 10.1. The third kappa shape index (κ3) is 3.07. The molecule has 0 aliphatic carbocycles. The van der Waals surface area contributed by atoms with Crippen LogP contribution in [0.15, 0.2) is 30.7 Å². The van der Waals surface area contributed by atoms with Gasteiger partial charge in [0.15, 0.2) is 0 Å². The molecule has 2 N–H and O–H groups in total. The molecule has 6 heteroatoms. The van der Waals surface area contributed by atoms with Crippen LogP contribution >= 0.6 is 11.6 Å². The lowest BCUT2D eigenvalue weighted by Gasteiger charge is -2.06. The van der Waals surface area contributed by atoms with Crippen LogP contribution in [-0.4, -0.2) is 15.9 Å². The molecule has 1 aromatic carbocycles. The Morgan fingerprint density at radius 1 is 1.50 bits per heavy atom. The molecule has 94 valence electrons. The molecule has 1 aromatic heterocycles. The van der Waals surface area contributed by atoms with Gasteiger partial charge in [-0.25, -0.2) is 9.37 Å². The van der Waals surface area contributed by atoms with E-state index in [2.05, 4.69) is 15.3 Å². The molecule has 0 spiro atoms. The molecule has 0 aliphatic rings. The van der Waals surface area contributed by atoms with Crippen LogP contribution in [-0.2, 0) is 17.8 Å². The first-order chi connectivity index (χ1) is 8.66. The number of H-pyrrole nitrogens is 1. The number of amides is 1. The van der Waals surface area contributed by atoms with Crippen LogP contribution in [0.5, 0.6) is 0 Å².